The van der Waals surface area contributed by atoms with E-state index in [9.17, 15) is 8.42 Å². The Morgan fingerprint density at radius 3 is 2.70 bits per heavy atom. The summed E-state index contributed by atoms with van der Waals surface area (Å²) in [6.45, 7) is 0. The fraction of sp³-hybridized carbons (Fsp3) is 0.667. The molecule has 3 nitrogen and oxygen atoms in total. The molecule has 56 valence electrons. The lowest BCUT2D eigenvalue weighted by Crippen LogP contribution is -2.25. The molecule has 0 bridgehead atoms. The Morgan fingerprint density at radius 2 is 2.30 bits per heavy atom. The van der Waals surface area contributed by atoms with E-state index in [0.29, 0.717) is 12.8 Å². The van der Waals surface area contributed by atoms with Gasteiger partial charge in [-0.15, -0.1) is 6.42 Å². The molecule has 1 unspecified atom stereocenters. The van der Waals surface area contributed by atoms with Crippen molar-refractivity contribution in [2.45, 2.75) is 18.9 Å². The minimum atomic E-state index is -3.29. The van der Waals surface area contributed by atoms with Crippen LogP contribution in [0.4, 0.5) is 0 Å². The van der Waals surface area contributed by atoms with Crippen LogP contribution in [0.3, 0.4) is 0 Å². The van der Waals surface area contributed by atoms with Gasteiger partial charge in [0.2, 0.25) is 0 Å². The summed E-state index contributed by atoms with van der Waals surface area (Å²) >= 11 is 0. The van der Waals surface area contributed by atoms with Crippen molar-refractivity contribution in [1.29, 1.82) is 0 Å². The Kier molecular flexibility index (Phi) is 1.97. The summed E-state index contributed by atoms with van der Waals surface area (Å²) in [5, 5.41) is 0. The van der Waals surface area contributed by atoms with Gasteiger partial charge in [-0.05, 0) is 12.8 Å². The molecule has 10 heavy (non-hydrogen) atoms. The largest absolute Gasteiger partial charge is 0.268 e. The van der Waals surface area contributed by atoms with Gasteiger partial charge in [-0.3, -0.25) is 4.18 Å². The van der Waals surface area contributed by atoms with E-state index in [0.717, 1.165) is 0 Å². The first kappa shape index (κ1) is 7.58. The molecule has 1 rings (SSSR count). The Labute approximate surface area is 60.5 Å². The van der Waals surface area contributed by atoms with Gasteiger partial charge in [-0.25, -0.2) is 0 Å². The summed E-state index contributed by atoms with van der Waals surface area (Å²) in [5.74, 6) is 2.36. The highest BCUT2D eigenvalue weighted by Gasteiger charge is 2.23. The molecule has 1 aliphatic rings. The van der Waals surface area contributed by atoms with Crippen LogP contribution in [0.1, 0.15) is 12.8 Å². The maximum absolute atomic E-state index is 10.7. The van der Waals surface area contributed by atoms with E-state index in [-0.39, 0.29) is 5.75 Å². The van der Waals surface area contributed by atoms with E-state index in [2.05, 4.69) is 10.1 Å². The molecule has 1 saturated heterocycles. The van der Waals surface area contributed by atoms with Crippen LogP contribution in [-0.2, 0) is 14.3 Å². The third-order valence-electron chi connectivity index (χ3n) is 1.31. The SMILES string of the molecule is C#CC1CCCS(=O)(=O)O1. The summed E-state index contributed by atoms with van der Waals surface area (Å²) in [6, 6.07) is 0. The second-order valence-electron chi connectivity index (χ2n) is 2.16. The van der Waals surface area contributed by atoms with Crippen LogP contribution in [0, 0.1) is 12.3 Å². The fourth-order valence-corrected chi connectivity index (χ4v) is 1.95. The maximum Gasteiger partial charge on any atom is 0.268 e. The standard InChI is InChI=1S/C6H8O3S/c1-2-6-4-3-5-10(7,8)9-6/h1,6H,3-5H2. The highest BCUT2D eigenvalue weighted by atomic mass is 32.2. The molecule has 0 aromatic rings. The average molecular weight is 160 g/mol. The highest BCUT2D eigenvalue weighted by molar-refractivity contribution is 7.86. The van der Waals surface area contributed by atoms with Crippen LogP contribution in [0.2, 0.25) is 0 Å². The molecule has 0 aromatic carbocycles. The average Bonchev–Trinajstić information content (AvgIpc) is 1.86. The van der Waals surface area contributed by atoms with Crippen molar-refractivity contribution in [2.75, 3.05) is 5.75 Å². The molecule has 0 spiro atoms. The smallest absolute Gasteiger partial charge is 0.254 e. The van der Waals surface area contributed by atoms with E-state index >= 15 is 0 Å². The molecule has 1 aliphatic heterocycles. The third-order valence-corrected chi connectivity index (χ3v) is 2.62. The van der Waals surface area contributed by atoms with Gasteiger partial charge in [0, 0.05) is 0 Å². The molecule has 0 saturated carbocycles. The number of hydrogen-bond acceptors (Lipinski definition) is 3. The van der Waals surface area contributed by atoms with Crippen molar-refractivity contribution in [3.63, 3.8) is 0 Å². The number of hydrogen-bond donors (Lipinski definition) is 0. The van der Waals surface area contributed by atoms with Gasteiger partial charge >= 0.3 is 0 Å². The van der Waals surface area contributed by atoms with Crippen LogP contribution in [0.15, 0.2) is 0 Å². The molecule has 0 radical (unpaired) electrons. The summed E-state index contributed by atoms with van der Waals surface area (Å²) < 4.78 is 26.0. The minimum Gasteiger partial charge on any atom is -0.254 e. The zero-order valence-electron chi connectivity index (χ0n) is 5.41. The van der Waals surface area contributed by atoms with Gasteiger partial charge in [-0.1, -0.05) is 5.92 Å². The summed E-state index contributed by atoms with van der Waals surface area (Å²) in [5.41, 5.74) is 0. The van der Waals surface area contributed by atoms with Crippen molar-refractivity contribution < 1.29 is 12.6 Å². The predicted octanol–water partition coefficient (Wildman–Crippen LogP) is 0.128. The predicted molar refractivity (Wildman–Crippen MR) is 36.7 cm³/mol. The van der Waals surface area contributed by atoms with Crippen molar-refractivity contribution in [2.24, 2.45) is 0 Å². The topological polar surface area (TPSA) is 43.4 Å². The van der Waals surface area contributed by atoms with Crippen LogP contribution in [0.25, 0.3) is 0 Å². The lowest BCUT2D eigenvalue weighted by molar-refractivity contribution is 0.235. The third kappa shape index (κ3) is 1.72. The Hall–Kier alpha value is -0.530. The molecule has 4 heteroatoms. The normalized spacial score (nSPS) is 30.9. The molecule has 1 fully saturated rings. The Bertz CT molecular complexity index is 247. The second-order valence-corrected chi connectivity index (χ2v) is 3.87. The number of rotatable bonds is 0. The monoisotopic (exact) mass is 160 g/mol. The van der Waals surface area contributed by atoms with Crippen molar-refractivity contribution in [3.8, 4) is 12.3 Å². The zero-order chi connectivity index (χ0) is 7.61. The first-order valence-corrected chi connectivity index (χ1v) is 4.59. The van der Waals surface area contributed by atoms with Gasteiger partial charge in [0.1, 0.15) is 6.10 Å². The quantitative estimate of drug-likeness (QED) is 0.373. The molecular weight excluding hydrogens is 152 g/mol. The summed E-state index contributed by atoms with van der Waals surface area (Å²) in [6.07, 6.45) is 5.71. The van der Waals surface area contributed by atoms with Gasteiger partial charge in [0.15, 0.2) is 0 Å². The molecule has 1 heterocycles. The molecule has 0 aromatic heterocycles. The van der Waals surface area contributed by atoms with Crippen molar-refractivity contribution in [1.82, 2.24) is 0 Å². The van der Waals surface area contributed by atoms with Crippen molar-refractivity contribution in [3.05, 3.63) is 0 Å². The highest BCUT2D eigenvalue weighted by Crippen LogP contribution is 2.14. The Balaban J connectivity index is 2.67. The molecule has 0 aliphatic carbocycles. The number of terminal acetylenes is 1. The first-order chi connectivity index (χ1) is 4.64. The molecular formula is C6H8O3S. The lowest BCUT2D eigenvalue weighted by atomic mass is 10.2. The van der Waals surface area contributed by atoms with Gasteiger partial charge in [0.25, 0.3) is 10.1 Å². The van der Waals surface area contributed by atoms with E-state index < -0.39 is 16.2 Å². The van der Waals surface area contributed by atoms with E-state index in [1.54, 1.807) is 0 Å². The summed E-state index contributed by atoms with van der Waals surface area (Å²) in [7, 11) is -3.29. The lowest BCUT2D eigenvalue weighted by Gasteiger charge is -2.16. The summed E-state index contributed by atoms with van der Waals surface area (Å²) in [4.78, 5) is 0. The molecule has 0 N–H and O–H groups in total. The van der Waals surface area contributed by atoms with E-state index in [1.165, 1.54) is 0 Å². The van der Waals surface area contributed by atoms with Crippen LogP contribution >= 0.6 is 0 Å². The Morgan fingerprint density at radius 1 is 1.60 bits per heavy atom. The van der Waals surface area contributed by atoms with Gasteiger partial charge in [-0.2, -0.15) is 8.42 Å². The van der Waals surface area contributed by atoms with Crippen LogP contribution in [0.5, 0.6) is 0 Å². The zero-order valence-corrected chi connectivity index (χ0v) is 6.23. The van der Waals surface area contributed by atoms with Gasteiger partial charge < -0.3 is 0 Å². The first-order valence-electron chi connectivity index (χ1n) is 3.01. The van der Waals surface area contributed by atoms with E-state index in [1.807, 2.05) is 0 Å². The minimum absolute atomic E-state index is 0.102. The maximum atomic E-state index is 10.7. The van der Waals surface area contributed by atoms with Crippen molar-refractivity contribution >= 4 is 10.1 Å². The van der Waals surface area contributed by atoms with Crippen LogP contribution in [-0.4, -0.2) is 20.3 Å². The molecule has 1 atom stereocenters. The molecule has 0 amide bonds. The van der Waals surface area contributed by atoms with E-state index in [4.69, 9.17) is 6.42 Å². The van der Waals surface area contributed by atoms with Crippen LogP contribution < -0.4 is 0 Å². The van der Waals surface area contributed by atoms with Gasteiger partial charge in [0.05, 0.1) is 5.75 Å². The second kappa shape index (κ2) is 2.60. The fourth-order valence-electron chi connectivity index (χ4n) is 0.830.